The van der Waals surface area contributed by atoms with Crippen LogP contribution in [0.5, 0.6) is 5.75 Å². The Labute approximate surface area is 174 Å². The second-order valence-electron chi connectivity index (χ2n) is 8.42. The molecule has 0 bridgehead atoms. The number of hydrogen-bond donors (Lipinski definition) is 1. The van der Waals surface area contributed by atoms with Gasteiger partial charge in [0.1, 0.15) is 12.4 Å². The Balaban J connectivity index is 1.81. The molecule has 0 saturated heterocycles. The van der Waals surface area contributed by atoms with Crippen molar-refractivity contribution in [2.45, 2.75) is 52.1 Å². The Morgan fingerprint density at radius 1 is 1.30 bits per heavy atom. The lowest BCUT2D eigenvalue weighted by Crippen LogP contribution is -2.22. The van der Waals surface area contributed by atoms with Gasteiger partial charge in [0.2, 0.25) is 0 Å². The molecule has 0 unspecified atom stereocenters. The van der Waals surface area contributed by atoms with E-state index in [-0.39, 0.29) is 36.2 Å². The highest BCUT2D eigenvalue weighted by molar-refractivity contribution is 5.67. The van der Waals surface area contributed by atoms with Gasteiger partial charge in [0.05, 0.1) is 18.8 Å². The standard InChI is InChI=1S/C23H27F3O4/c1-22(2)10-3-4-19(22)18-9-11-29-13-16(18)14-30-17-7-5-15(6-8-21(27)28)20(12-17)23(24,25)26/h4-5,7,12H,3,6,8-11,13-14H2,1-2H3,(H,27,28). The topological polar surface area (TPSA) is 55.8 Å². The average molecular weight is 424 g/mol. The van der Waals surface area contributed by atoms with Crippen molar-refractivity contribution in [2.24, 2.45) is 5.41 Å². The number of aliphatic carboxylic acids is 1. The van der Waals surface area contributed by atoms with Crippen LogP contribution in [0.15, 0.2) is 41.0 Å². The molecular formula is C23H27F3O4. The number of carbonyl (C=O) groups is 1. The molecule has 1 aromatic carbocycles. The van der Waals surface area contributed by atoms with Crippen molar-refractivity contribution in [1.82, 2.24) is 0 Å². The normalized spacial score (nSPS) is 19.0. The van der Waals surface area contributed by atoms with Gasteiger partial charge in [-0.3, -0.25) is 4.79 Å². The summed E-state index contributed by atoms with van der Waals surface area (Å²) in [5, 5.41) is 8.78. The van der Waals surface area contributed by atoms with E-state index in [1.54, 1.807) is 0 Å². The van der Waals surface area contributed by atoms with Crippen LogP contribution in [0, 0.1) is 5.41 Å². The number of carboxylic acids is 1. The third kappa shape index (κ3) is 5.25. The Bertz CT molecular complexity index is 866. The van der Waals surface area contributed by atoms with Crippen LogP contribution < -0.4 is 4.74 Å². The molecule has 0 spiro atoms. The second kappa shape index (κ2) is 8.84. The molecule has 0 aromatic heterocycles. The van der Waals surface area contributed by atoms with Gasteiger partial charge >= 0.3 is 12.1 Å². The maximum Gasteiger partial charge on any atom is 0.416 e. The first-order valence-electron chi connectivity index (χ1n) is 10.1. The number of halogens is 3. The van der Waals surface area contributed by atoms with Crippen LogP contribution in [0.25, 0.3) is 0 Å². The van der Waals surface area contributed by atoms with Crippen LogP contribution in [-0.2, 0) is 22.1 Å². The molecule has 4 nitrogen and oxygen atoms in total. The summed E-state index contributed by atoms with van der Waals surface area (Å²) in [6, 6.07) is 3.73. The van der Waals surface area contributed by atoms with Crippen LogP contribution in [0.1, 0.15) is 50.7 Å². The summed E-state index contributed by atoms with van der Waals surface area (Å²) in [6.07, 6.45) is -0.000438. The van der Waals surface area contributed by atoms with Gasteiger partial charge in [0.15, 0.2) is 0 Å². The van der Waals surface area contributed by atoms with Gasteiger partial charge in [0, 0.05) is 6.42 Å². The first kappa shape index (κ1) is 22.4. The molecule has 164 valence electrons. The minimum Gasteiger partial charge on any atom is -0.489 e. The van der Waals surface area contributed by atoms with E-state index in [4.69, 9.17) is 14.6 Å². The van der Waals surface area contributed by atoms with Gasteiger partial charge in [-0.05, 0) is 65.5 Å². The smallest absolute Gasteiger partial charge is 0.416 e. The van der Waals surface area contributed by atoms with Crippen molar-refractivity contribution >= 4 is 5.97 Å². The molecule has 7 heteroatoms. The summed E-state index contributed by atoms with van der Waals surface area (Å²) < 4.78 is 51.7. The third-order valence-electron chi connectivity index (χ3n) is 5.78. The van der Waals surface area contributed by atoms with Gasteiger partial charge in [-0.2, -0.15) is 13.2 Å². The summed E-state index contributed by atoms with van der Waals surface area (Å²) in [5.74, 6) is -1.03. The minimum absolute atomic E-state index is 0.0454. The third-order valence-corrected chi connectivity index (χ3v) is 5.78. The van der Waals surface area contributed by atoms with E-state index in [0.29, 0.717) is 13.2 Å². The van der Waals surface area contributed by atoms with E-state index >= 15 is 0 Å². The fourth-order valence-corrected chi connectivity index (χ4v) is 4.15. The molecule has 1 aliphatic carbocycles. The molecule has 1 aliphatic heterocycles. The highest BCUT2D eigenvalue weighted by Gasteiger charge is 2.34. The zero-order valence-electron chi connectivity index (χ0n) is 17.3. The molecule has 0 saturated carbocycles. The Kier molecular flexibility index (Phi) is 6.60. The summed E-state index contributed by atoms with van der Waals surface area (Å²) in [7, 11) is 0. The van der Waals surface area contributed by atoms with Crippen molar-refractivity contribution < 1.29 is 32.5 Å². The summed E-state index contributed by atoms with van der Waals surface area (Å²) in [4.78, 5) is 10.7. The number of carboxylic acid groups (broad SMARTS) is 1. The highest BCUT2D eigenvalue weighted by Crippen LogP contribution is 2.44. The Hall–Kier alpha value is -2.28. The molecule has 30 heavy (non-hydrogen) atoms. The van der Waals surface area contributed by atoms with Gasteiger partial charge in [-0.1, -0.05) is 26.0 Å². The van der Waals surface area contributed by atoms with Gasteiger partial charge in [-0.25, -0.2) is 0 Å². The first-order valence-corrected chi connectivity index (χ1v) is 10.1. The van der Waals surface area contributed by atoms with Crippen LogP contribution in [0.3, 0.4) is 0 Å². The number of hydrogen-bond acceptors (Lipinski definition) is 3. The van der Waals surface area contributed by atoms with Crippen LogP contribution in [0.2, 0.25) is 0 Å². The number of aryl methyl sites for hydroxylation is 1. The molecule has 0 amide bonds. The highest BCUT2D eigenvalue weighted by atomic mass is 19.4. The van der Waals surface area contributed by atoms with Crippen LogP contribution >= 0.6 is 0 Å². The molecule has 1 heterocycles. The fraction of sp³-hybridized carbons (Fsp3) is 0.522. The van der Waals surface area contributed by atoms with Gasteiger partial charge < -0.3 is 14.6 Å². The maximum absolute atomic E-state index is 13.5. The van der Waals surface area contributed by atoms with Crippen molar-refractivity contribution in [3.63, 3.8) is 0 Å². The summed E-state index contributed by atoms with van der Waals surface area (Å²) in [5.41, 5.74) is 2.65. The second-order valence-corrected chi connectivity index (χ2v) is 8.42. The predicted octanol–water partition coefficient (Wildman–Crippen LogP) is 5.56. The molecule has 0 atom stereocenters. The summed E-state index contributed by atoms with van der Waals surface area (Å²) >= 11 is 0. The Morgan fingerprint density at radius 3 is 2.70 bits per heavy atom. The predicted molar refractivity (Wildman–Crippen MR) is 106 cm³/mol. The SMILES string of the molecule is CC1(C)CCC=C1C1=C(COc2ccc(CCC(=O)O)c(C(F)(F)F)c2)COCC1. The zero-order chi connectivity index (χ0) is 21.9. The quantitative estimate of drug-likeness (QED) is 0.622. The number of rotatable bonds is 7. The molecular weight excluding hydrogens is 397 g/mol. The molecule has 0 fully saturated rings. The Morgan fingerprint density at radius 2 is 2.07 bits per heavy atom. The number of ether oxygens (including phenoxy) is 2. The van der Waals surface area contributed by atoms with Crippen molar-refractivity contribution in [2.75, 3.05) is 19.8 Å². The van der Waals surface area contributed by atoms with E-state index < -0.39 is 17.7 Å². The van der Waals surface area contributed by atoms with Gasteiger partial charge in [-0.15, -0.1) is 0 Å². The molecule has 1 aromatic rings. The van der Waals surface area contributed by atoms with Crippen LogP contribution in [-0.4, -0.2) is 30.9 Å². The van der Waals surface area contributed by atoms with E-state index in [0.717, 1.165) is 30.9 Å². The molecule has 1 N–H and O–H groups in total. The molecule has 0 radical (unpaired) electrons. The van der Waals surface area contributed by atoms with Crippen molar-refractivity contribution in [3.05, 3.63) is 52.1 Å². The van der Waals surface area contributed by atoms with E-state index in [1.807, 2.05) is 0 Å². The minimum atomic E-state index is -4.58. The number of allylic oxidation sites excluding steroid dienone is 2. The van der Waals surface area contributed by atoms with Crippen LogP contribution in [0.4, 0.5) is 13.2 Å². The largest absolute Gasteiger partial charge is 0.489 e. The monoisotopic (exact) mass is 424 g/mol. The lowest BCUT2D eigenvalue weighted by Gasteiger charge is -2.29. The summed E-state index contributed by atoms with van der Waals surface area (Å²) in [6.45, 7) is 5.61. The number of benzene rings is 1. The lowest BCUT2D eigenvalue weighted by molar-refractivity contribution is -0.140. The van der Waals surface area contributed by atoms with E-state index in [1.165, 1.54) is 23.3 Å². The lowest BCUT2D eigenvalue weighted by atomic mass is 9.79. The molecule has 3 rings (SSSR count). The zero-order valence-corrected chi connectivity index (χ0v) is 17.3. The number of alkyl halides is 3. The average Bonchev–Trinajstić information content (AvgIpc) is 3.03. The first-order chi connectivity index (χ1) is 14.1. The fourth-order valence-electron chi connectivity index (χ4n) is 4.15. The van der Waals surface area contributed by atoms with Crippen molar-refractivity contribution in [3.8, 4) is 5.75 Å². The van der Waals surface area contributed by atoms with E-state index in [9.17, 15) is 18.0 Å². The van der Waals surface area contributed by atoms with Gasteiger partial charge in [0.25, 0.3) is 0 Å². The van der Waals surface area contributed by atoms with Crippen molar-refractivity contribution in [1.29, 1.82) is 0 Å². The maximum atomic E-state index is 13.5. The molecule has 2 aliphatic rings. The van der Waals surface area contributed by atoms with E-state index in [2.05, 4.69) is 19.9 Å².